The van der Waals surface area contributed by atoms with Crippen LogP contribution in [-0.4, -0.2) is 9.28 Å². The van der Waals surface area contributed by atoms with E-state index in [9.17, 15) is 0 Å². The molecule has 0 aromatic rings. The molecule has 0 nitrogen and oxygen atoms in total. The molecule has 15 heavy (non-hydrogen) atoms. The van der Waals surface area contributed by atoms with Crippen LogP contribution in [0.4, 0.5) is 0 Å². The van der Waals surface area contributed by atoms with Crippen LogP contribution in [0.15, 0.2) is 0 Å². The van der Waals surface area contributed by atoms with Gasteiger partial charge in [-0.25, -0.2) is 0 Å². The van der Waals surface area contributed by atoms with E-state index in [-0.39, 0.29) is 0 Å². The minimum Gasteiger partial charge on any atom is -0.0829 e. The van der Waals surface area contributed by atoms with E-state index in [2.05, 4.69) is 104 Å². The minimum atomic E-state index is 0.461. The third kappa shape index (κ3) is 14.9. The summed E-state index contributed by atoms with van der Waals surface area (Å²) >= 11 is 10.2. The van der Waals surface area contributed by atoms with Crippen molar-refractivity contribution in [2.24, 2.45) is 0 Å². The summed E-state index contributed by atoms with van der Waals surface area (Å²) in [5.41, 5.74) is 0. The minimum absolute atomic E-state index is 0.461. The zero-order valence-corrected chi connectivity index (χ0v) is 18.0. The molecule has 0 saturated heterocycles. The van der Waals surface area contributed by atoms with Crippen LogP contribution in [0.2, 0.25) is 0 Å². The van der Waals surface area contributed by atoms with Crippen molar-refractivity contribution < 1.29 is 0 Å². The van der Waals surface area contributed by atoms with Gasteiger partial charge in [0.1, 0.15) is 0 Å². The zero-order chi connectivity index (χ0) is 11.9. The highest BCUT2D eigenvalue weighted by atomic mass is 127. The first-order valence-electron chi connectivity index (χ1n) is 5.47. The monoisotopic (exact) mass is 660 g/mol. The van der Waals surface area contributed by atoms with Crippen molar-refractivity contribution in [3.63, 3.8) is 0 Å². The average Bonchev–Trinajstić information content (AvgIpc) is 2.00. The highest BCUT2D eigenvalue weighted by Gasteiger charge is 2.15. The van der Waals surface area contributed by atoms with Crippen molar-refractivity contribution in [3.8, 4) is 0 Å². The van der Waals surface area contributed by atoms with Gasteiger partial charge in [0.2, 0.25) is 0 Å². The van der Waals surface area contributed by atoms with Crippen molar-refractivity contribution >= 4 is 90.4 Å². The van der Waals surface area contributed by atoms with Gasteiger partial charge in [0.15, 0.2) is 0 Å². The fraction of sp³-hybridized carbons (Fsp3) is 1.00. The quantitative estimate of drug-likeness (QED) is 0.205. The molecule has 0 aliphatic carbocycles. The maximum absolute atomic E-state index is 2.63. The number of hydrogen-bond donors (Lipinski definition) is 0. The lowest BCUT2D eigenvalue weighted by Gasteiger charge is -2.15. The van der Waals surface area contributed by atoms with Crippen molar-refractivity contribution in [2.45, 2.75) is 61.7 Å². The van der Waals surface area contributed by atoms with Crippen LogP contribution in [0.5, 0.6) is 0 Å². The van der Waals surface area contributed by atoms with Crippen LogP contribution < -0.4 is 0 Å². The number of hydrogen-bond acceptors (Lipinski definition) is 0. The first-order valence-corrected chi connectivity index (χ1v) is 10.1. The highest BCUT2D eigenvalue weighted by Crippen LogP contribution is 2.33. The van der Waals surface area contributed by atoms with Crippen LogP contribution in [0.25, 0.3) is 0 Å². The predicted octanol–water partition coefficient (Wildman–Crippen LogP) is 6.54. The third-order valence-corrected chi connectivity index (χ3v) is 5.20. The van der Waals surface area contributed by atoms with E-state index >= 15 is 0 Å². The summed E-state index contributed by atoms with van der Waals surface area (Å²) in [6, 6.07) is 0. The van der Waals surface area contributed by atoms with Crippen LogP contribution in [0.3, 0.4) is 0 Å². The van der Waals surface area contributed by atoms with E-state index in [1.807, 2.05) is 0 Å². The molecular weight excluding hydrogens is 640 g/mol. The van der Waals surface area contributed by atoms with Gasteiger partial charge in [-0.05, 0) is 32.6 Å². The van der Waals surface area contributed by atoms with Crippen LogP contribution in [-0.2, 0) is 0 Å². The van der Waals surface area contributed by atoms with E-state index in [1.54, 1.807) is 0 Å². The van der Waals surface area contributed by atoms with Gasteiger partial charge in [0.25, 0.3) is 0 Å². The number of alkyl halides is 4. The molecule has 0 heterocycles. The van der Waals surface area contributed by atoms with E-state index in [1.165, 1.54) is 38.5 Å². The topological polar surface area (TPSA) is 0 Å². The molecule has 0 aromatic carbocycles. The molecule has 0 amide bonds. The van der Waals surface area contributed by atoms with Gasteiger partial charge in [-0.3, -0.25) is 0 Å². The second-order valence-electron chi connectivity index (χ2n) is 4.27. The average molecular weight is 660 g/mol. The second kappa shape index (κ2) is 9.80. The summed E-state index contributed by atoms with van der Waals surface area (Å²) < 4.78 is 2.20. The largest absolute Gasteiger partial charge is 0.0829 e. The first-order chi connectivity index (χ1) is 6.81. The normalized spacial score (nSPS) is 16.4. The summed E-state index contributed by atoms with van der Waals surface area (Å²) in [6.45, 7) is 4.62. The van der Waals surface area contributed by atoms with E-state index in [0.29, 0.717) is 1.43 Å². The summed E-state index contributed by atoms with van der Waals surface area (Å²) in [7, 11) is 0. The molecule has 2 unspecified atom stereocenters. The summed E-state index contributed by atoms with van der Waals surface area (Å²) in [4.78, 5) is 0. The molecule has 4 heteroatoms. The lowest BCUT2D eigenvalue weighted by Crippen LogP contribution is -2.06. The Balaban J connectivity index is 3.37. The van der Waals surface area contributed by atoms with Gasteiger partial charge in [-0.15, -0.1) is 0 Å². The van der Waals surface area contributed by atoms with Crippen LogP contribution >= 0.6 is 90.4 Å². The molecule has 0 rings (SSSR count). The van der Waals surface area contributed by atoms with Crippen molar-refractivity contribution in [3.05, 3.63) is 0 Å². The van der Waals surface area contributed by atoms with Crippen molar-refractivity contribution in [1.82, 2.24) is 0 Å². The van der Waals surface area contributed by atoms with Gasteiger partial charge in [-0.2, -0.15) is 0 Å². The molecule has 0 aliphatic rings. The van der Waals surface area contributed by atoms with Crippen molar-refractivity contribution in [1.29, 1.82) is 0 Å². The summed E-state index contributed by atoms with van der Waals surface area (Å²) in [6.07, 6.45) is 8.33. The van der Waals surface area contributed by atoms with Gasteiger partial charge in [-0.1, -0.05) is 110 Å². The Morgan fingerprint density at radius 1 is 1.00 bits per heavy atom. The zero-order valence-electron chi connectivity index (χ0n) is 9.41. The predicted molar refractivity (Wildman–Crippen MR) is 105 cm³/mol. The van der Waals surface area contributed by atoms with Crippen LogP contribution in [0.1, 0.15) is 52.4 Å². The molecule has 0 N–H and O–H groups in total. The van der Waals surface area contributed by atoms with Gasteiger partial charge >= 0.3 is 0 Å². The Morgan fingerprint density at radius 3 is 2.00 bits per heavy atom. The fourth-order valence-electron chi connectivity index (χ4n) is 1.40. The first kappa shape index (κ1) is 17.9. The molecule has 0 aliphatic heterocycles. The van der Waals surface area contributed by atoms with E-state index in [0.717, 1.165) is 7.85 Å². The molecular formula is C11H20I4. The molecule has 0 spiro atoms. The Labute approximate surface area is 149 Å². The maximum atomic E-state index is 2.63. The van der Waals surface area contributed by atoms with Gasteiger partial charge < -0.3 is 0 Å². The molecule has 0 saturated carbocycles. The summed E-state index contributed by atoms with van der Waals surface area (Å²) in [5.74, 6) is 0. The van der Waals surface area contributed by atoms with E-state index < -0.39 is 0 Å². The lowest BCUT2D eigenvalue weighted by molar-refractivity contribution is 0.605. The highest BCUT2D eigenvalue weighted by molar-refractivity contribution is 14.2. The van der Waals surface area contributed by atoms with Crippen LogP contribution in [0, 0.1) is 0 Å². The Morgan fingerprint density at radius 2 is 1.53 bits per heavy atom. The second-order valence-corrected chi connectivity index (χ2v) is 15.0. The molecule has 0 bridgehead atoms. The van der Waals surface area contributed by atoms with Crippen molar-refractivity contribution in [2.75, 3.05) is 0 Å². The molecule has 92 valence electrons. The lowest BCUT2D eigenvalue weighted by atomic mass is 10.1. The van der Waals surface area contributed by atoms with E-state index in [4.69, 9.17) is 0 Å². The standard InChI is InChI=1S/C11H20I4/c1-9(12)5-3-6-10(13)7-4-8-11(2,14)15/h9-10H,3-8H2,1-2H3. The number of rotatable bonds is 8. The molecule has 0 radical (unpaired) electrons. The Bertz CT molecular complexity index is 151. The summed E-state index contributed by atoms with van der Waals surface area (Å²) in [5, 5.41) is 0. The fourth-order valence-corrected chi connectivity index (χ4v) is 3.48. The smallest absolute Gasteiger partial charge is 0.0706 e. The van der Waals surface area contributed by atoms with Gasteiger partial charge in [0.05, 0.1) is 1.43 Å². The SMILES string of the molecule is CC(I)CCCC(I)CCCC(C)(I)I. The molecule has 0 fully saturated rings. The third-order valence-electron chi connectivity index (χ3n) is 2.25. The molecule has 2 atom stereocenters. The Kier molecular flexibility index (Phi) is 11.7. The molecule has 0 aromatic heterocycles. The Hall–Kier alpha value is 2.92. The van der Waals surface area contributed by atoms with Gasteiger partial charge in [0, 0.05) is 7.85 Å². The maximum Gasteiger partial charge on any atom is 0.0706 e. The number of halogens is 4.